The Morgan fingerprint density at radius 1 is 1.32 bits per heavy atom. The van der Waals surface area contributed by atoms with Crippen molar-refractivity contribution in [3.05, 3.63) is 47.0 Å². The Bertz CT molecular complexity index is 605. The molecule has 1 aromatic carbocycles. The molecule has 1 aliphatic heterocycles. The van der Waals surface area contributed by atoms with Crippen molar-refractivity contribution in [2.75, 3.05) is 19.6 Å². The van der Waals surface area contributed by atoms with Crippen LogP contribution in [0.25, 0.3) is 0 Å². The third-order valence-corrected chi connectivity index (χ3v) is 4.54. The van der Waals surface area contributed by atoms with Crippen molar-refractivity contribution >= 4 is 0 Å². The largest absolute Gasteiger partial charge is 0.303 e. The van der Waals surface area contributed by atoms with Crippen LogP contribution in [0.4, 0.5) is 0 Å². The van der Waals surface area contributed by atoms with E-state index in [1.54, 1.807) is 0 Å². The van der Waals surface area contributed by atoms with Crippen molar-refractivity contribution in [2.24, 2.45) is 0 Å². The summed E-state index contributed by atoms with van der Waals surface area (Å²) >= 11 is 0. The summed E-state index contributed by atoms with van der Waals surface area (Å²) in [5, 5.41) is 7.13. The minimum Gasteiger partial charge on any atom is -0.303 e. The van der Waals surface area contributed by atoms with Crippen molar-refractivity contribution in [3.63, 3.8) is 0 Å². The van der Waals surface area contributed by atoms with Crippen LogP contribution in [0, 0.1) is 13.8 Å². The molecule has 1 aliphatic rings. The normalized spacial score (nSPS) is 19.5. The first-order valence-electron chi connectivity index (χ1n) is 8.37. The summed E-state index contributed by atoms with van der Waals surface area (Å²) in [7, 11) is 0. The highest BCUT2D eigenvalue weighted by atomic mass is 15.2. The quantitative estimate of drug-likeness (QED) is 0.921. The van der Waals surface area contributed by atoms with E-state index in [0.29, 0.717) is 5.92 Å². The molecule has 1 atom stereocenters. The number of nitrogens with zero attached hydrogens (tertiary/aromatic N) is 3. The van der Waals surface area contributed by atoms with Crippen molar-refractivity contribution in [2.45, 2.75) is 45.4 Å². The molecule has 0 amide bonds. The molecule has 0 spiro atoms. The van der Waals surface area contributed by atoms with E-state index < -0.39 is 0 Å². The second-order valence-corrected chi connectivity index (χ2v) is 6.49. The van der Waals surface area contributed by atoms with Crippen LogP contribution in [-0.4, -0.2) is 39.7 Å². The Morgan fingerprint density at radius 3 is 3.00 bits per heavy atom. The van der Waals surface area contributed by atoms with E-state index in [-0.39, 0.29) is 0 Å². The van der Waals surface area contributed by atoms with Gasteiger partial charge in [0.05, 0.1) is 0 Å². The first kappa shape index (κ1) is 15.2. The molecule has 1 aromatic heterocycles. The van der Waals surface area contributed by atoms with E-state index in [4.69, 9.17) is 0 Å². The molecule has 1 fully saturated rings. The number of piperidine rings is 1. The molecule has 118 valence electrons. The zero-order chi connectivity index (χ0) is 15.4. The number of benzene rings is 1. The molecule has 0 unspecified atom stereocenters. The van der Waals surface area contributed by atoms with Crippen LogP contribution < -0.4 is 0 Å². The van der Waals surface area contributed by atoms with Gasteiger partial charge in [0.25, 0.3) is 0 Å². The van der Waals surface area contributed by atoms with Crippen molar-refractivity contribution in [1.82, 2.24) is 20.1 Å². The minimum absolute atomic E-state index is 0.694. The van der Waals surface area contributed by atoms with Crippen LogP contribution >= 0.6 is 0 Å². The van der Waals surface area contributed by atoms with Crippen LogP contribution in [0.5, 0.6) is 0 Å². The van der Waals surface area contributed by atoms with E-state index in [1.807, 2.05) is 6.92 Å². The number of aromatic amines is 1. The number of rotatable bonds is 5. The monoisotopic (exact) mass is 298 g/mol. The lowest BCUT2D eigenvalue weighted by Gasteiger charge is -2.33. The second-order valence-electron chi connectivity index (χ2n) is 6.49. The Morgan fingerprint density at radius 2 is 2.23 bits per heavy atom. The van der Waals surface area contributed by atoms with Crippen LogP contribution in [0.2, 0.25) is 0 Å². The van der Waals surface area contributed by atoms with Crippen LogP contribution in [-0.2, 0) is 6.42 Å². The third kappa shape index (κ3) is 3.95. The van der Waals surface area contributed by atoms with E-state index in [1.165, 1.54) is 37.1 Å². The highest BCUT2D eigenvalue weighted by molar-refractivity contribution is 5.26. The highest BCUT2D eigenvalue weighted by Crippen LogP contribution is 2.27. The van der Waals surface area contributed by atoms with Gasteiger partial charge in [-0.05, 0) is 57.7 Å². The zero-order valence-electron chi connectivity index (χ0n) is 13.7. The Balaban J connectivity index is 1.50. The molecule has 0 saturated carbocycles. The molecular formula is C18H26N4. The molecule has 4 heteroatoms. The van der Waals surface area contributed by atoms with Gasteiger partial charge in [-0.3, -0.25) is 5.10 Å². The van der Waals surface area contributed by atoms with Gasteiger partial charge in [0.2, 0.25) is 0 Å². The molecule has 2 aromatic rings. The highest BCUT2D eigenvalue weighted by Gasteiger charge is 2.21. The molecule has 0 bridgehead atoms. The molecule has 2 heterocycles. The number of hydrogen-bond donors (Lipinski definition) is 1. The van der Waals surface area contributed by atoms with Crippen LogP contribution in [0.3, 0.4) is 0 Å². The summed E-state index contributed by atoms with van der Waals surface area (Å²) in [6.07, 6.45) is 4.73. The van der Waals surface area contributed by atoms with Gasteiger partial charge in [-0.1, -0.05) is 29.8 Å². The van der Waals surface area contributed by atoms with Gasteiger partial charge in [-0.15, -0.1) is 0 Å². The number of aryl methyl sites for hydroxylation is 3. The number of hydrogen-bond acceptors (Lipinski definition) is 3. The van der Waals surface area contributed by atoms with Gasteiger partial charge < -0.3 is 4.90 Å². The van der Waals surface area contributed by atoms with Crippen LogP contribution in [0.1, 0.15) is 48.0 Å². The maximum atomic E-state index is 4.38. The summed E-state index contributed by atoms with van der Waals surface area (Å²) in [6.45, 7) is 7.71. The maximum Gasteiger partial charge on any atom is 0.150 e. The molecule has 1 N–H and O–H groups in total. The van der Waals surface area contributed by atoms with Gasteiger partial charge in [0.15, 0.2) is 5.82 Å². The lowest BCUT2D eigenvalue weighted by Crippen LogP contribution is -2.35. The van der Waals surface area contributed by atoms with Gasteiger partial charge in [0, 0.05) is 13.0 Å². The number of nitrogens with one attached hydrogen (secondary N) is 1. The minimum atomic E-state index is 0.694. The van der Waals surface area contributed by atoms with E-state index >= 15 is 0 Å². The maximum absolute atomic E-state index is 4.38. The Kier molecular flexibility index (Phi) is 4.88. The molecule has 4 nitrogen and oxygen atoms in total. The smallest absolute Gasteiger partial charge is 0.150 e. The molecular weight excluding hydrogens is 272 g/mol. The van der Waals surface area contributed by atoms with Gasteiger partial charge in [-0.25, -0.2) is 4.98 Å². The fourth-order valence-corrected chi connectivity index (χ4v) is 3.42. The third-order valence-electron chi connectivity index (χ3n) is 4.54. The first-order valence-corrected chi connectivity index (χ1v) is 8.37. The number of aromatic nitrogens is 3. The van der Waals surface area contributed by atoms with Crippen molar-refractivity contribution in [1.29, 1.82) is 0 Å². The van der Waals surface area contributed by atoms with E-state index in [0.717, 1.165) is 31.0 Å². The Hall–Kier alpha value is -1.68. The molecule has 0 aliphatic carbocycles. The topological polar surface area (TPSA) is 44.8 Å². The van der Waals surface area contributed by atoms with Gasteiger partial charge >= 0.3 is 0 Å². The SMILES string of the molecule is Cc1cccc([C@H]2CCCN(CCCc3n[nH]c(C)n3)C2)c1. The van der Waals surface area contributed by atoms with E-state index in [2.05, 4.69) is 51.3 Å². The second kappa shape index (κ2) is 7.05. The predicted molar refractivity (Wildman–Crippen MR) is 89.0 cm³/mol. The molecule has 1 saturated heterocycles. The average Bonchev–Trinajstić information content (AvgIpc) is 2.93. The summed E-state index contributed by atoms with van der Waals surface area (Å²) in [4.78, 5) is 6.99. The van der Waals surface area contributed by atoms with Crippen molar-refractivity contribution in [3.8, 4) is 0 Å². The van der Waals surface area contributed by atoms with Crippen LogP contribution in [0.15, 0.2) is 24.3 Å². The molecule has 22 heavy (non-hydrogen) atoms. The zero-order valence-corrected chi connectivity index (χ0v) is 13.7. The van der Waals surface area contributed by atoms with Gasteiger partial charge in [-0.2, -0.15) is 5.10 Å². The average molecular weight is 298 g/mol. The number of likely N-dealkylation sites (tertiary alicyclic amines) is 1. The standard InChI is InChI=1S/C18H26N4/c1-14-6-3-7-16(12-14)17-8-4-10-22(13-17)11-5-9-18-19-15(2)20-21-18/h3,6-7,12,17H,4-5,8-11,13H2,1-2H3,(H,19,20,21)/t17-/m0/s1. The van der Waals surface area contributed by atoms with Gasteiger partial charge in [0.1, 0.15) is 5.82 Å². The summed E-state index contributed by atoms with van der Waals surface area (Å²) in [5.74, 6) is 2.55. The fraction of sp³-hybridized carbons (Fsp3) is 0.556. The number of H-pyrrole nitrogens is 1. The van der Waals surface area contributed by atoms with E-state index in [9.17, 15) is 0 Å². The lowest BCUT2D eigenvalue weighted by atomic mass is 9.90. The molecule has 3 rings (SSSR count). The Labute approximate surface area is 133 Å². The summed E-state index contributed by atoms with van der Waals surface area (Å²) in [5.41, 5.74) is 2.88. The first-order chi connectivity index (χ1) is 10.7. The molecule has 0 radical (unpaired) electrons. The van der Waals surface area contributed by atoms with Crippen molar-refractivity contribution < 1.29 is 0 Å². The lowest BCUT2D eigenvalue weighted by molar-refractivity contribution is 0.205. The predicted octanol–water partition coefficient (Wildman–Crippen LogP) is 3.23. The summed E-state index contributed by atoms with van der Waals surface area (Å²) in [6, 6.07) is 9.01. The summed E-state index contributed by atoms with van der Waals surface area (Å²) < 4.78 is 0. The fourth-order valence-electron chi connectivity index (χ4n) is 3.42.